The zero-order valence-corrected chi connectivity index (χ0v) is 13.6. The molecule has 1 aromatic heterocycles. The summed E-state index contributed by atoms with van der Waals surface area (Å²) in [6.07, 6.45) is 0.124. The van der Waals surface area contributed by atoms with Gasteiger partial charge < -0.3 is 15.8 Å². The minimum absolute atomic E-state index is 0.124. The van der Waals surface area contributed by atoms with Crippen molar-refractivity contribution in [3.05, 3.63) is 59.5 Å². The van der Waals surface area contributed by atoms with E-state index >= 15 is 0 Å². The van der Waals surface area contributed by atoms with Gasteiger partial charge in [-0.05, 0) is 29.7 Å². The van der Waals surface area contributed by atoms with E-state index in [0.717, 1.165) is 10.1 Å². The first-order chi connectivity index (χ1) is 11.6. The minimum Gasteiger partial charge on any atom is -0.491 e. The van der Waals surface area contributed by atoms with Crippen molar-refractivity contribution in [3.8, 4) is 5.75 Å². The van der Waals surface area contributed by atoms with Gasteiger partial charge in [-0.1, -0.05) is 30.3 Å². The van der Waals surface area contributed by atoms with Crippen LogP contribution in [0.3, 0.4) is 0 Å². The Labute approximate surface area is 143 Å². The molecule has 0 unspecified atom stereocenters. The SMILES string of the molecule is NC(=O)CCOc1ccccc1NC(=O)c1cc2ccccc2s1. The number of fused-ring (bicyclic) bond motifs is 1. The molecule has 2 amide bonds. The van der Waals surface area contributed by atoms with Crippen molar-refractivity contribution in [2.45, 2.75) is 6.42 Å². The second-order valence-electron chi connectivity index (χ2n) is 5.16. The standard InChI is InChI=1S/C18H16N2O3S/c19-17(21)9-10-23-14-7-3-2-6-13(14)20-18(22)16-11-12-5-1-4-8-15(12)24-16/h1-8,11H,9-10H2,(H2,19,21)(H,20,22). The van der Waals surface area contributed by atoms with Crippen LogP contribution in [0.15, 0.2) is 54.6 Å². The molecule has 0 aliphatic heterocycles. The number of thiophene rings is 1. The van der Waals surface area contributed by atoms with Crippen molar-refractivity contribution in [1.82, 2.24) is 0 Å². The van der Waals surface area contributed by atoms with Gasteiger partial charge in [-0.2, -0.15) is 0 Å². The molecule has 0 atom stereocenters. The molecule has 0 aliphatic carbocycles. The molecule has 1 heterocycles. The molecular weight excluding hydrogens is 324 g/mol. The first-order valence-electron chi connectivity index (χ1n) is 7.43. The van der Waals surface area contributed by atoms with Crippen molar-refractivity contribution in [1.29, 1.82) is 0 Å². The van der Waals surface area contributed by atoms with E-state index in [1.54, 1.807) is 18.2 Å². The minimum atomic E-state index is -0.429. The Morgan fingerprint density at radius 1 is 1.08 bits per heavy atom. The summed E-state index contributed by atoms with van der Waals surface area (Å²) in [5.74, 6) is -0.114. The second-order valence-corrected chi connectivity index (χ2v) is 6.25. The Morgan fingerprint density at radius 2 is 1.83 bits per heavy atom. The number of carbonyl (C=O) groups excluding carboxylic acids is 2. The lowest BCUT2D eigenvalue weighted by Gasteiger charge is -2.11. The third kappa shape index (κ3) is 3.72. The maximum atomic E-state index is 12.5. The molecule has 6 heteroatoms. The Bertz CT molecular complexity index is 856. The first-order valence-corrected chi connectivity index (χ1v) is 8.25. The highest BCUT2D eigenvalue weighted by atomic mass is 32.1. The summed E-state index contributed by atoms with van der Waals surface area (Å²) in [5, 5.41) is 3.90. The Morgan fingerprint density at radius 3 is 2.62 bits per heavy atom. The number of amides is 2. The summed E-state index contributed by atoms with van der Waals surface area (Å²) >= 11 is 1.44. The molecule has 3 aromatic rings. The van der Waals surface area contributed by atoms with Gasteiger partial charge in [-0.15, -0.1) is 11.3 Å². The average molecular weight is 340 g/mol. The first kappa shape index (κ1) is 16.0. The molecule has 3 rings (SSSR count). The van der Waals surface area contributed by atoms with Gasteiger partial charge in [0.05, 0.1) is 23.6 Å². The Hall–Kier alpha value is -2.86. The van der Waals surface area contributed by atoms with Gasteiger partial charge >= 0.3 is 0 Å². The summed E-state index contributed by atoms with van der Waals surface area (Å²) in [6.45, 7) is 0.172. The summed E-state index contributed by atoms with van der Waals surface area (Å²) in [7, 11) is 0. The number of nitrogens with one attached hydrogen (secondary N) is 1. The molecule has 24 heavy (non-hydrogen) atoms. The van der Waals surface area contributed by atoms with E-state index in [9.17, 15) is 9.59 Å². The number of benzene rings is 2. The van der Waals surface area contributed by atoms with Gasteiger partial charge in [-0.25, -0.2) is 0 Å². The highest BCUT2D eigenvalue weighted by Gasteiger charge is 2.13. The highest BCUT2D eigenvalue weighted by Crippen LogP contribution is 2.28. The summed E-state index contributed by atoms with van der Waals surface area (Å²) < 4.78 is 6.60. The second kappa shape index (κ2) is 7.14. The topological polar surface area (TPSA) is 81.4 Å². The number of carbonyl (C=O) groups is 2. The van der Waals surface area contributed by atoms with E-state index in [1.165, 1.54) is 11.3 Å². The van der Waals surface area contributed by atoms with Crippen molar-refractivity contribution < 1.29 is 14.3 Å². The Balaban J connectivity index is 1.75. The monoisotopic (exact) mass is 340 g/mol. The van der Waals surface area contributed by atoms with E-state index in [1.807, 2.05) is 36.4 Å². The van der Waals surface area contributed by atoms with Crippen LogP contribution in [0.25, 0.3) is 10.1 Å². The summed E-state index contributed by atoms with van der Waals surface area (Å²) in [6, 6.07) is 16.8. The van der Waals surface area contributed by atoms with Crippen molar-refractivity contribution in [2.75, 3.05) is 11.9 Å². The van der Waals surface area contributed by atoms with Crippen LogP contribution in [0.1, 0.15) is 16.1 Å². The predicted octanol–water partition coefficient (Wildman–Crippen LogP) is 3.41. The fourth-order valence-corrected chi connectivity index (χ4v) is 3.19. The van der Waals surface area contributed by atoms with Gasteiger partial charge in [0.25, 0.3) is 5.91 Å². The number of primary amides is 1. The van der Waals surface area contributed by atoms with Crippen LogP contribution in [0.4, 0.5) is 5.69 Å². The lowest BCUT2D eigenvalue weighted by Crippen LogP contribution is -2.15. The molecule has 0 saturated carbocycles. The van der Waals surface area contributed by atoms with Crippen molar-refractivity contribution >= 4 is 38.9 Å². The number of ether oxygens (including phenoxy) is 1. The number of hydrogen-bond acceptors (Lipinski definition) is 4. The van der Waals surface area contributed by atoms with Crippen LogP contribution < -0.4 is 15.8 Å². The Kier molecular flexibility index (Phi) is 4.77. The number of para-hydroxylation sites is 2. The molecule has 0 fully saturated rings. The van der Waals surface area contributed by atoms with Gasteiger partial charge in [0.15, 0.2) is 0 Å². The summed E-state index contributed by atoms with van der Waals surface area (Å²) in [4.78, 5) is 23.9. The molecule has 0 saturated heterocycles. The predicted molar refractivity (Wildman–Crippen MR) is 95.5 cm³/mol. The molecule has 0 aliphatic rings. The smallest absolute Gasteiger partial charge is 0.265 e. The summed E-state index contributed by atoms with van der Waals surface area (Å²) in [5.41, 5.74) is 5.66. The maximum absolute atomic E-state index is 12.5. The number of hydrogen-bond donors (Lipinski definition) is 2. The number of anilines is 1. The van der Waals surface area contributed by atoms with Crippen molar-refractivity contribution in [3.63, 3.8) is 0 Å². The average Bonchev–Trinajstić information content (AvgIpc) is 3.00. The van der Waals surface area contributed by atoms with Gasteiger partial charge in [0, 0.05) is 4.70 Å². The van der Waals surface area contributed by atoms with Crippen LogP contribution in [-0.4, -0.2) is 18.4 Å². The van der Waals surface area contributed by atoms with E-state index in [4.69, 9.17) is 10.5 Å². The van der Waals surface area contributed by atoms with Crippen LogP contribution in [0, 0.1) is 0 Å². The third-order valence-corrected chi connectivity index (χ3v) is 4.51. The van der Waals surface area contributed by atoms with Crippen molar-refractivity contribution in [2.24, 2.45) is 5.73 Å². The molecule has 3 N–H and O–H groups in total. The molecule has 0 spiro atoms. The number of rotatable bonds is 6. The van der Waals surface area contributed by atoms with Crippen LogP contribution in [-0.2, 0) is 4.79 Å². The van der Waals surface area contributed by atoms with Gasteiger partial charge in [0.2, 0.25) is 5.91 Å². The molecule has 2 aromatic carbocycles. The van der Waals surface area contributed by atoms with E-state index in [0.29, 0.717) is 16.3 Å². The molecule has 0 bridgehead atoms. The molecule has 0 radical (unpaired) electrons. The fourth-order valence-electron chi connectivity index (χ4n) is 2.24. The maximum Gasteiger partial charge on any atom is 0.265 e. The van der Waals surface area contributed by atoms with Gasteiger partial charge in [-0.3, -0.25) is 9.59 Å². The molecular formula is C18H16N2O3S. The zero-order valence-electron chi connectivity index (χ0n) is 12.8. The lowest BCUT2D eigenvalue weighted by molar-refractivity contribution is -0.118. The highest BCUT2D eigenvalue weighted by molar-refractivity contribution is 7.20. The third-order valence-electron chi connectivity index (χ3n) is 3.39. The van der Waals surface area contributed by atoms with E-state index in [2.05, 4.69) is 5.32 Å². The quantitative estimate of drug-likeness (QED) is 0.721. The molecule has 122 valence electrons. The number of nitrogens with two attached hydrogens (primary N) is 1. The van der Waals surface area contributed by atoms with Crippen LogP contribution >= 0.6 is 11.3 Å². The van der Waals surface area contributed by atoms with Gasteiger partial charge in [0.1, 0.15) is 5.75 Å². The molecule has 5 nitrogen and oxygen atoms in total. The lowest BCUT2D eigenvalue weighted by atomic mass is 10.2. The van der Waals surface area contributed by atoms with E-state index < -0.39 is 5.91 Å². The van der Waals surface area contributed by atoms with E-state index in [-0.39, 0.29) is 18.9 Å². The van der Waals surface area contributed by atoms with Crippen LogP contribution in [0.2, 0.25) is 0 Å². The zero-order chi connectivity index (χ0) is 16.9. The largest absolute Gasteiger partial charge is 0.491 e. The van der Waals surface area contributed by atoms with Crippen LogP contribution in [0.5, 0.6) is 5.75 Å². The normalized spacial score (nSPS) is 10.5. The fraction of sp³-hybridized carbons (Fsp3) is 0.111.